The first-order chi connectivity index (χ1) is 14.0. The highest BCUT2D eigenvalue weighted by atomic mass is 35.5. The monoisotopic (exact) mass is 461 g/mol. The summed E-state index contributed by atoms with van der Waals surface area (Å²) in [6, 6.07) is 14.5. The van der Waals surface area contributed by atoms with Crippen molar-refractivity contribution in [3.63, 3.8) is 0 Å². The van der Waals surface area contributed by atoms with Gasteiger partial charge < -0.3 is 4.90 Å². The zero-order valence-corrected chi connectivity index (χ0v) is 18.4. The van der Waals surface area contributed by atoms with Crippen molar-refractivity contribution in [3.8, 4) is 5.69 Å². The number of hydrogen-bond acceptors (Lipinski definition) is 6. The third-order valence-electron chi connectivity index (χ3n) is 4.50. The van der Waals surface area contributed by atoms with Gasteiger partial charge in [-0.05, 0) is 67.2 Å². The van der Waals surface area contributed by atoms with Crippen LogP contribution in [0.5, 0.6) is 0 Å². The summed E-state index contributed by atoms with van der Waals surface area (Å²) >= 11 is 14.1. The SMILES string of the molecule is O=C(CSc1nn(-c2ccc(Cl)cc2)c(=S)s1)c1ccc(N2CCCC2=O)cc1. The summed E-state index contributed by atoms with van der Waals surface area (Å²) in [5.74, 6) is 0.413. The van der Waals surface area contributed by atoms with Crippen molar-refractivity contribution in [2.24, 2.45) is 0 Å². The van der Waals surface area contributed by atoms with Gasteiger partial charge in [0.15, 0.2) is 14.1 Å². The van der Waals surface area contributed by atoms with Gasteiger partial charge in [-0.2, -0.15) is 0 Å². The van der Waals surface area contributed by atoms with E-state index in [0.29, 0.717) is 21.0 Å². The maximum Gasteiger partial charge on any atom is 0.227 e. The van der Waals surface area contributed by atoms with Crippen LogP contribution in [0, 0.1) is 3.95 Å². The van der Waals surface area contributed by atoms with Gasteiger partial charge in [-0.1, -0.05) is 34.7 Å². The van der Waals surface area contributed by atoms with Crippen LogP contribution in [0.2, 0.25) is 5.02 Å². The lowest BCUT2D eigenvalue weighted by Crippen LogP contribution is -2.23. The lowest BCUT2D eigenvalue weighted by molar-refractivity contribution is -0.117. The van der Waals surface area contributed by atoms with Crippen LogP contribution in [0.4, 0.5) is 5.69 Å². The number of aromatic nitrogens is 2. The summed E-state index contributed by atoms with van der Waals surface area (Å²) in [6.45, 7) is 0.739. The van der Waals surface area contributed by atoms with E-state index in [1.165, 1.54) is 23.1 Å². The smallest absolute Gasteiger partial charge is 0.227 e. The van der Waals surface area contributed by atoms with E-state index in [-0.39, 0.29) is 17.4 Å². The zero-order valence-electron chi connectivity index (χ0n) is 15.2. The van der Waals surface area contributed by atoms with Crippen molar-refractivity contribution in [1.82, 2.24) is 9.78 Å². The predicted molar refractivity (Wildman–Crippen MR) is 120 cm³/mol. The molecule has 1 saturated heterocycles. The zero-order chi connectivity index (χ0) is 20.4. The highest BCUT2D eigenvalue weighted by Gasteiger charge is 2.21. The summed E-state index contributed by atoms with van der Waals surface area (Å²) < 4.78 is 3.02. The molecule has 9 heteroatoms. The first kappa shape index (κ1) is 20.3. The molecule has 29 heavy (non-hydrogen) atoms. The number of Topliss-reactive ketones (excluding diaryl/α,β-unsaturated/α-hetero) is 1. The molecule has 0 bridgehead atoms. The molecule has 5 nitrogen and oxygen atoms in total. The normalized spacial score (nSPS) is 13.8. The number of carbonyl (C=O) groups excluding carboxylic acids is 2. The second-order valence-electron chi connectivity index (χ2n) is 6.43. The molecule has 0 spiro atoms. The van der Waals surface area contributed by atoms with Crippen molar-refractivity contribution in [2.75, 3.05) is 17.2 Å². The Labute approximate surface area is 186 Å². The standard InChI is InChI=1S/C20H16ClN3O2S3/c21-14-5-9-16(10-6-14)24-20(27)29-19(22-24)28-12-17(25)13-3-7-15(8-4-13)23-11-1-2-18(23)26/h3-10H,1-2,11-12H2. The van der Waals surface area contributed by atoms with Crippen LogP contribution < -0.4 is 4.90 Å². The molecule has 3 aromatic rings. The van der Waals surface area contributed by atoms with E-state index in [2.05, 4.69) is 5.10 Å². The number of amides is 1. The molecule has 148 valence electrons. The van der Waals surface area contributed by atoms with Gasteiger partial charge >= 0.3 is 0 Å². The first-order valence-corrected chi connectivity index (χ1v) is 11.5. The molecule has 0 saturated carbocycles. The minimum absolute atomic E-state index is 0.00783. The van der Waals surface area contributed by atoms with E-state index in [1.54, 1.807) is 33.8 Å². The van der Waals surface area contributed by atoms with Crippen LogP contribution in [-0.2, 0) is 4.79 Å². The lowest BCUT2D eigenvalue weighted by Gasteiger charge is -2.15. The fraction of sp³-hybridized carbons (Fsp3) is 0.200. The van der Waals surface area contributed by atoms with Crippen LogP contribution in [0.15, 0.2) is 52.9 Å². The summed E-state index contributed by atoms with van der Waals surface area (Å²) in [4.78, 5) is 26.1. The lowest BCUT2D eigenvalue weighted by atomic mass is 10.1. The predicted octanol–water partition coefficient (Wildman–Crippen LogP) is 5.42. The van der Waals surface area contributed by atoms with Crippen LogP contribution in [-0.4, -0.2) is 33.8 Å². The largest absolute Gasteiger partial charge is 0.312 e. The Kier molecular flexibility index (Phi) is 6.15. The summed E-state index contributed by atoms with van der Waals surface area (Å²) in [5.41, 5.74) is 2.30. The maximum atomic E-state index is 12.5. The second-order valence-corrected chi connectivity index (χ2v) is 9.71. The molecule has 2 heterocycles. The van der Waals surface area contributed by atoms with Gasteiger partial charge in [0.1, 0.15) is 0 Å². The molecule has 4 rings (SSSR count). The van der Waals surface area contributed by atoms with Crippen LogP contribution >= 0.6 is 46.9 Å². The molecule has 1 fully saturated rings. The van der Waals surface area contributed by atoms with Crippen molar-refractivity contribution in [2.45, 2.75) is 17.2 Å². The number of halogens is 1. The number of hydrogen-bond donors (Lipinski definition) is 0. The molecule has 2 aromatic carbocycles. The molecule has 1 aliphatic rings. The molecule has 0 unspecified atom stereocenters. The van der Waals surface area contributed by atoms with Gasteiger partial charge in [0.2, 0.25) is 5.91 Å². The molecule has 1 amide bonds. The van der Waals surface area contributed by atoms with E-state index < -0.39 is 0 Å². The van der Waals surface area contributed by atoms with Gasteiger partial charge in [-0.25, -0.2) is 4.68 Å². The van der Waals surface area contributed by atoms with Crippen molar-refractivity contribution in [3.05, 3.63) is 63.1 Å². The van der Waals surface area contributed by atoms with Crippen LogP contribution in [0.25, 0.3) is 5.69 Å². The minimum Gasteiger partial charge on any atom is -0.312 e. The Bertz CT molecular complexity index is 1110. The average molecular weight is 462 g/mol. The number of thioether (sulfide) groups is 1. The Morgan fingerprint density at radius 2 is 1.83 bits per heavy atom. The minimum atomic E-state index is 0.00783. The van der Waals surface area contributed by atoms with E-state index in [1.807, 2.05) is 24.3 Å². The number of ketones is 1. The van der Waals surface area contributed by atoms with Gasteiger partial charge in [0, 0.05) is 29.2 Å². The third kappa shape index (κ3) is 4.61. The third-order valence-corrected chi connectivity index (χ3v) is 7.12. The van der Waals surface area contributed by atoms with E-state index in [9.17, 15) is 9.59 Å². The summed E-state index contributed by atoms with van der Waals surface area (Å²) in [5, 5.41) is 5.15. The van der Waals surface area contributed by atoms with Crippen molar-refractivity contribution >= 4 is 64.3 Å². The summed E-state index contributed by atoms with van der Waals surface area (Å²) in [7, 11) is 0. The molecule has 0 aliphatic carbocycles. The molecular formula is C20H16ClN3O2S3. The van der Waals surface area contributed by atoms with E-state index >= 15 is 0 Å². The fourth-order valence-electron chi connectivity index (χ4n) is 3.02. The second kappa shape index (κ2) is 8.79. The quantitative estimate of drug-likeness (QED) is 0.279. The molecule has 0 N–H and O–H groups in total. The fourth-order valence-corrected chi connectivity index (χ4v) is 5.41. The topological polar surface area (TPSA) is 55.2 Å². The number of carbonyl (C=O) groups is 2. The average Bonchev–Trinajstić information content (AvgIpc) is 3.32. The highest BCUT2D eigenvalue weighted by Crippen LogP contribution is 2.26. The number of nitrogens with zero attached hydrogens (tertiary/aromatic N) is 3. The van der Waals surface area contributed by atoms with Crippen molar-refractivity contribution in [1.29, 1.82) is 0 Å². The van der Waals surface area contributed by atoms with Gasteiger partial charge in [0.05, 0.1) is 11.4 Å². The highest BCUT2D eigenvalue weighted by molar-refractivity contribution is 8.01. The van der Waals surface area contributed by atoms with E-state index in [0.717, 1.165) is 28.7 Å². The molecule has 0 atom stereocenters. The molecule has 1 aliphatic heterocycles. The van der Waals surface area contributed by atoms with Gasteiger partial charge in [-0.15, -0.1) is 5.10 Å². The summed E-state index contributed by atoms with van der Waals surface area (Å²) in [6.07, 6.45) is 1.47. The number of benzene rings is 2. The van der Waals surface area contributed by atoms with Crippen LogP contribution in [0.3, 0.4) is 0 Å². The Morgan fingerprint density at radius 3 is 2.48 bits per heavy atom. The number of rotatable bonds is 6. The first-order valence-electron chi connectivity index (χ1n) is 8.94. The number of anilines is 1. The van der Waals surface area contributed by atoms with Gasteiger partial charge in [-0.3, -0.25) is 9.59 Å². The Morgan fingerprint density at radius 1 is 1.14 bits per heavy atom. The van der Waals surface area contributed by atoms with E-state index in [4.69, 9.17) is 23.8 Å². The molecule has 1 aromatic heterocycles. The Hall–Kier alpha value is -2.00. The van der Waals surface area contributed by atoms with Gasteiger partial charge in [0.25, 0.3) is 0 Å². The molecule has 0 radical (unpaired) electrons. The molecular weight excluding hydrogens is 446 g/mol. The maximum absolute atomic E-state index is 12.5. The Balaban J connectivity index is 1.41. The van der Waals surface area contributed by atoms with Crippen LogP contribution in [0.1, 0.15) is 23.2 Å². The van der Waals surface area contributed by atoms with Crippen molar-refractivity contribution < 1.29 is 9.59 Å².